The number of aromatic nitrogens is 3. The van der Waals surface area contributed by atoms with E-state index in [-0.39, 0.29) is 0 Å². The summed E-state index contributed by atoms with van der Waals surface area (Å²) in [7, 11) is 1.93. The van der Waals surface area contributed by atoms with E-state index in [1.807, 2.05) is 24.1 Å². The van der Waals surface area contributed by atoms with Gasteiger partial charge in [-0.2, -0.15) is 5.10 Å². The molecule has 0 aliphatic heterocycles. The molecule has 0 bridgehead atoms. The first-order valence-electron chi connectivity index (χ1n) is 4.45. The summed E-state index contributed by atoms with van der Waals surface area (Å²) in [6.45, 7) is 4.34. The molecule has 0 N–H and O–H groups in total. The molecule has 13 heavy (non-hydrogen) atoms. The van der Waals surface area contributed by atoms with Gasteiger partial charge in [0.05, 0.1) is 6.20 Å². The average Bonchev–Trinajstić information content (AvgIpc) is 2.43. The number of hydrogen-bond acceptors (Lipinski definition) is 2. The lowest BCUT2D eigenvalue weighted by Crippen LogP contribution is -1.88. The van der Waals surface area contributed by atoms with E-state index in [0.29, 0.717) is 5.92 Å². The summed E-state index contributed by atoms with van der Waals surface area (Å²) >= 11 is 0. The van der Waals surface area contributed by atoms with Gasteiger partial charge < -0.3 is 0 Å². The molecule has 2 aromatic rings. The highest BCUT2D eigenvalue weighted by atomic mass is 15.2. The maximum Gasteiger partial charge on any atom is 0.111 e. The third-order valence-corrected chi connectivity index (χ3v) is 2.20. The molecule has 0 spiro atoms. The summed E-state index contributed by atoms with van der Waals surface area (Å²) in [5, 5.41) is 5.53. The summed E-state index contributed by atoms with van der Waals surface area (Å²) in [6, 6.07) is 0. The van der Waals surface area contributed by atoms with Crippen LogP contribution in [0.3, 0.4) is 0 Å². The fourth-order valence-corrected chi connectivity index (χ4v) is 1.54. The molecule has 0 saturated heterocycles. The van der Waals surface area contributed by atoms with E-state index >= 15 is 0 Å². The summed E-state index contributed by atoms with van der Waals surface area (Å²) in [6.07, 6.45) is 5.78. The molecule has 68 valence electrons. The van der Waals surface area contributed by atoms with Gasteiger partial charge in [-0.3, -0.25) is 9.67 Å². The van der Waals surface area contributed by atoms with Crippen LogP contribution in [0.5, 0.6) is 0 Å². The molecule has 0 aliphatic rings. The SMILES string of the molecule is CC(C)c1cncc2nn(C)cc12. The molecule has 0 unspecified atom stereocenters. The van der Waals surface area contributed by atoms with Crippen LogP contribution in [0, 0.1) is 0 Å². The smallest absolute Gasteiger partial charge is 0.111 e. The fourth-order valence-electron chi connectivity index (χ4n) is 1.54. The Labute approximate surface area is 77.4 Å². The van der Waals surface area contributed by atoms with Gasteiger partial charge in [-0.25, -0.2) is 0 Å². The van der Waals surface area contributed by atoms with Crippen LogP contribution in [0.25, 0.3) is 10.9 Å². The Morgan fingerprint density at radius 2 is 2.08 bits per heavy atom. The Bertz CT molecular complexity index is 429. The van der Waals surface area contributed by atoms with Crippen molar-refractivity contribution in [3.8, 4) is 0 Å². The van der Waals surface area contributed by atoms with Gasteiger partial charge in [0.1, 0.15) is 5.52 Å². The summed E-state index contributed by atoms with van der Waals surface area (Å²) in [5.74, 6) is 0.500. The topological polar surface area (TPSA) is 30.7 Å². The summed E-state index contributed by atoms with van der Waals surface area (Å²) < 4.78 is 1.83. The lowest BCUT2D eigenvalue weighted by atomic mass is 10.0. The zero-order chi connectivity index (χ0) is 9.42. The normalized spacial score (nSPS) is 11.4. The first kappa shape index (κ1) is 8.23. The molecule has 0 aromatic carbocycles. The van der Waals surface area contributed by atoms with Crippen molar-refractivity contribution >= 4 is 10.9 Å². The van der Waals surface area contributed by atoms with E-state index in [0.717, 1.165) is 5.52 Å². The predicted octanol–water partition coefficient (Wildman–Crippen LogP) is 2.09. The van der Waals surface area contributed by atoms with Crippen LogP contribution in [0.1, 0.15) is 25.3 Å². The summed E-state index contributed by atoms with van der Waals surface area (Å²) in [4.78, 5) is 4.17. The fraction of sp³-hybridized carbons (Fsp3) is 0.400. The quantitative estimate of drug-likeness (QED) is 0.664. The number of aryl methyl sites for hydroxylation is 1. The van der Waals surface area contributed by atoms with E-state index in [1.165, 1.54) is 10.9 Å². The molecule has 0 amide bonds. The molecule has 2 heterocycles. The number of nitrogens with zero attached hydrogens (tertiary/aromatic N) is 3. The van der Waals surface area contributed by atoms with E-state index in [9.17, 15) is 0 Å². The molecule has 2 rings (SSSR count). The van der Waals surface area contributed by atoms with Crippen LogP contribution in [0.4, 0.5) is 0 Å². The molecule has 0 radical (unpaired) electrons. The Kier molecular flexibility index (Phi) is 1.79. The second-order valence-electron chi connectivity index (χ2n) is 3.62. The van der Waals surface area contributed by atoms with Crippen molar-refractivity contribution in [2.24, 2.45) is 7.05 Å². The maximum absolute atomic E-state index is 4.31. The van der Waals surface area contributed by atoms with Crippen molar-refractivity contribution in [3.63, 3.8) is 0 Å². The van der Waals surface area contributed by atoms with Crippen LogP contribution >= 0.6 is 0 Å². The molecule has 2 aromatic heterocycles. The lowest BCUT2D eigenvalue weighted by molar-refractivity contribution is 0.779. The van der Waals surface area contributed by atoms with Crippen LogP contribution < -0.4 is 0 Å². The zero-order valence-corrected chi connectivity index (χ0v) is 8.15. The molecular formula is C10H13N3. The molecular weight excluding hydrogens is 162 g/mol. The van der Waals surface area contributed by atoms with Crippen molar-refractivity contribution in [2.45, 2.75) is 19.8 Å². The number of rotatable bonds is 1. The van der Waals surface area contributed by atoms with E-state index in [1.54, 1.807) is 6.20 Å². The van der Waals surface area contributed by atoms with Crippen molar-refractivity contribution < 1.29 is 0 Å². The Morgan fingerprint density at radius 3 is 2.77 bits per heavy atom. The number of pyridine rings is 1. The van der Waals surface area contributed by atoms with E-state index in [2.05, 4.69) is 23.9 Å². The average molecular weight is 175 g/mol. The molecule has 0 saturated carbocycles. The Hall–Kier alpha value is -1.38. The monoisotopic (exact) mass is 175 g/mol. The first-order valence-corrected chi connectivity index (χ1v) is 4.45. The Morgan fingerprint density at radius 1 is 1.31 bits per heavy atom. The number of fused-ring (bicyclic) bond motifs is 1. The van der Waals surface area contributed by atoms with Gasteiger partial charge in [-0.15, -0.1) is 0 Å². The largest absolute Gasteiger partial charge is 0.275 e. The van der Waals surface area contributed by atoms with Crippen LogP contribution in [0.15, 0.2) is 18.6 Å². The second-order valence-corrected chi connectivity index (χ2v) is 3.62. The maximum atomic E-state index is 4.31. The second kappa shape index (κ2) is 2.83. The minimum Gasteiger partial charge on any atom is -0.275 e. The van der Waals surface area contributed by atoms with Crippen molar-refractivity contribution in [2.75, 3.05) is 0 Å². The van der Waals surface area contributed by atoms with Crippen LogP contribution in [0.2, 0.25) is 0 Å². The van der Waals surface area contributed by atoms with Gasteiger partial charge in [0.15, 0.2) is 0 Å². The van der Waals surface area contributed by atoms with E-state index < -0.39 is 0 Å². The number of hydrogen-bond donors (Lipinski definition) is 0. The molecule has 3 heteroatoms. The predicted molar refractivity (Wildman–Crippen MR) is 52.6 cm³/mol. The molecule has 0 aliphatic carbocycles. The third-order valence-electron chi connectivity index (χ3n) is 2.20. The summed E-state index contributed by atoms with van der Waals surface area (Å²) in [5.41, 5.74) is 2.25. The molecule has 0 atom stereocenters. The van der Waals surface area contributed by atoms with Crippen molar-refractivity contribution in [1.82, 2.24) is 14.8 Å². The van der Waals surface area contributed by atoms with Crippen LogP contribution in [-0.4, -0.2) is 14.8 Å². The van der Waals surface area contributed by atoms with Gasteiger partial charge >= 0.3 is 0 Å². The lowest BCUT2D eigenvalue weighted by Gasteiger charge is -2.04. The van der Waals surface area contributed by atoms with Gasteiger partial charge in [0.2, 0.25) is 0 Å². The first-order chi connectivity index (χ1) is 6.18. The molecule has 3 nitrogen and oxygen atoms in total. The third kappa shape index (κ3) is 1.30. The standard InChI is InChI=1S/C10H13N3/c1-7(2)8-4-11-5-10-9(8)6-13(3)12-10/h4-7H,1-3H3. The van der Waals surface area contributed by atoms with Gasteiger partial charge in [0.25, 0.3) is 0 Å². The zero-order valence-electron chi connectivity index (χ0n) is 8.15. The highest BCUT2D eigenvalue weighted by Crippen LogP contribution is 2.22. The minimum absolute atomic E-state index is 0.500. The van der Waals surface area contributed by atoms with Gasteiger partial charge in [0, 0.05) is 24.8 Å². The highest BCUT2D eigenvalue weighted by Gasteiger charge is 2.07. The highest BCUT2D eigenvalue weighted by molar-refractivity contribution is 5.81. The Balaban J connectivity index is 2.75. The van der Waals surface area contributed by atoms with E-state index in [4.69, 9.17) is 0 Å². The molecule has 0 fully saturated rings. The van der Waals surface area contributed by atoms with Crippen LogP contribution in [-0.2, 0) is 7.05 Å². The van der Waals surface area contributed by atoms with Crippen molar-refractivity contribution in [3.05, 3.63) is 24.2 Å². The van der Waals surface area contributed by atoms with Crippen molar-refractivity contribution in [1.29, 1.82) is 0 Å². The minimum atomic E-state index is 0.500. The van der Waals surface area contributed by atoms with Gasteiger partial charge in [-0.1, -0.05) is 13.8 Å². The van der Waals surface area contributed by atoms with Gasteiger partial charge in [-0.05, 0) is 11.5 Å².